The van der Waals surface area contributed by atoms with Crippen molar-refractivity contribution in [2.45, 2.75) is 31.5 Å². The summed E-state index contributed by atoms with van der Waals surface area (Å²) in [6.45, 7) is 0.308. The van der Waals surface area contributed by atoms with Gasteiger partial charge in [-0.3, -0.25) is 4.79 Å². The minimum absolute atomic E-state index is 0.0998. The van der Waals surface area contributed by atoms with Crippen molar-refractivity contribution in [3.63, 3.8) is 0 Å². The van der Waals surface area contributed by atoms with Crippen LogP contribution in [0.25, 0.3) is 10.9 Å². The van der Waals surface area contributed by atoms with Crippen molar-refractivity contribution in [3.8, 4) is 5.75 Å². The minimum atomic E-state index is -4.37. The van der Waals surface area contributed by atoms with Crippen LogP contribution in [0.2, 0.25) is 0 Å². The average Bonchev–Trinajstić information content (AvgIpc) is 3.07. The maximum Gasteiger partial charge on any atom is 0.416 e. The fourth-order valence-electron chi connectivity index (χ4n) is 3.49. The van der Waals surface area contributed by atoms with Crippen molar-refractivity contribution in [2.75, 3.05) is 11.9 Å². The molecule has 0 aliphatic heterocycles. The molecule has 4 rings (SSSR count). The summed E-state index contributed by atoms with van der Waals surface area (Å²) in [6, 6.07) is 10.4. The predicted molar refractivity (Wildman–Crippen MR) is 106 cm³/mol. The van der Waals surface area contributed by atoms with Gasteiger partial charge in [0.2, 0.25) is 5.91 Å². The molecule has 3 aromatic rings. The molecule has 3 N–H and O–H groups in total. The van der Waals surface area contributed by atoms with Gasteiger partial charge in [-0.2, -0.15) is 13.2 Å². The molecule has 0 radical (unpaired) electrons. The van der Waals surface area contributed by atoms with Crippen molar-refractivity contribution in [3.05, 3.63) is 59.8 Å². The zero-order chi connectivity index (χ0) is 21.3. The van der Waals surface area contributed by atoms with E-state index in [1.165, 1.54) is 12.1 Å². The Morgan fingerprint density at radius 3 is 2.57 bits per heavy atom. The molecular weight excluding hydrogens is 397 g/mol. The molecule has 0 bridgehead atoms. The van der Waals surface area contributed by atoms with Gasteiger partial charge in [0, 0.05) is 29.4 Å². The molecule has 158 valence electrons. The maximum atomic E-state index is 12.6. The maximum absolute atomic E-state index is 12.6. The lowest BCUT2D eigenvalue weighted by atomic mass is 9.82. The van der Waals surface area contributed by atoms with Crippen LogP contribution in [0.5, 0.6) is 5.75 Å². The predicted octanol–water partition coefficient (Wildman–Crippen LogP) is 4.52. The Morgan fingerprint density at radius 1 is 1.17 bits per heavy atom. The van der Waals surface area contributed by atoms with E-state index in [2.05, 4.69) is 10.3 Å². The van der Waals surface area contributed by atoms with Gasteiger partial charge in [0.1, 0.15) is 5.75 Å². The molecule has 5 nitrogen and oxygen atoms in total. The average molecular weight is 418 g/mol. The van der Waals surface area contributed by atoms with Crippen molar-refractivity contribution < 1.29 is 27.8 Å². The summed E-state index contributed by atoms with van der Waals surface area (Å²) in [4.78, 5) is 15.4. The van der Waals surface area contributed by atoms with Crippen LogP contribution >= 0.6 is 0 Å². The van der Waals surface area contributed by atoms with Gasteiger partial charge in [0.05, 0.1) is 24.0 Å². The number of nitrogens with one attached hydrogen (secondary N) is 2. The van der Waals surface area contributed by atoms with Crippen molar-refractivity contribution >= 4 is 22.5 Å². The highest BCUT2D eigenvalue weighted by Crippen LogP contribution is 2.31. The van der Waals surface area contributed by atoms with E-state index in [4.69, 9.17) is 4.74 Å². The van der Waals surface area contributed by atoms with E-state index < -0.39 is 11.7 Å². The van der Waals surface area contributed by atoms with Crippen LogP contribution in [0.4, 0.5) is 18.9 Å². The highest BCUT2D eigenvalue weighted by Gasteiger charge is 2.33. The molecule has 2 aromatic carbocycles. The number of halogens is 3. The zero-order valence-corrected chi connectivity index (χ0v) is 16.0. The van der Waals surface area contributed by atoms with Crippen LogP contribution in [0.1, 0.15) is 24.0 Å². The highest BCUT2D eigenvalue weighted by atomic mass is 19.4. The molecule has 30 heavy (non-hydrogen) atoms. The molecule has 0 unspecified atom stereocenters. The SMILES string of the molecule is O=C(Nc1c[nH]c2ccc(CCOc3ccc(C(F)(F)F)cc3)cc12)C1CC(O)C1. The number of aliphatic hydroxyl groups is 1. The normalized spacial score (nSPS) is 18.8. The summed E-state index contributed by atoms with van der Waals surface area (Å²) in [6.07, 6.45) is -1.48. The lowest BCUT2D eigenvalue weighted by Crippen LogP contribution is -2.37. The fraction of sp³-hybridized carbons (Fsp3) is 0.318. The number of rotatable bonds is 6. The summed E-state index contributed by atoms with van der Waals surface area (Å²) in [7, 11) is 0. The van der Waals surface area contributed by atoms with E-state index in [0.29, 0.717) is 37.3 Å². The van der Waals surface area contributed by atoms with Crippen LogP contribution < -0.4 is 10.1 Å². The highest BCUT2D eigenvalue weighted by molar-refractivity contribution is 6.02. The Hall–Kier alpha value is -3.00. The second-order valence-electron chi connectivity index (χ2n) is 7.51. The number of anilines is 1. The van der Waals surface area contributed by atoms with E-state index in [0.717, 1.165) is 28.6 Å². The first-order chi connectivity index (χ1) is 14.3. The molecule has 0 atom stereocenters. The van der Waals surface area contributed by atoms with Crippen molar-refractivity contribution in [1.29, 1.82) is 0 Å². The van der Waals surface area contributed by atoms with E-state index in [1.807, 2.05) is 18.2 Å². The van der Waals surface area contributed by atoms with Gasteiger partial charge in [-0.15, -0.1) is 0 Å². The second kappa shape index (κ2) is 8.02. The number of hydrogen-bond donors (Lipinski definition) is 3. The quantitative estimate of drug-likeness (QED) is 0.551. The number of carbonyl (C=O) groups excluding carboxylic acids is 1. The summed E-state index contributed by atoms with van der Waals surface area (Å²) in [5.41, 5.74) is 1.83. The third-order valence-electron chi connectivity index (χ3n) is 5.33. The molecule has 1 aliphatic carbocycles. The number of hydrogen-bond acceptors (Lipinski definition) is 3. The summed E-state index contributed by atoms with van der Waals surface area (Å²) >= 11 is 0. The monoisotopic (exact) mass is 418 g/mol. The second-order valence-corrected chi connectivity index (χ2v) is 7.51. The number of ether oxygens (including phenoxy) is 1. The Bertz CT molecular complexity index is 1040. The minimum Gasteiger partial charge on any atom is -0.493 e. The van der Waals surface area contributed by atoms with Gasteiger partial charge in [-0.1, -0.05) is 6.07 Å². The standard InChI is InChI=1S/C22H21F3N2O3/c23-22(24,25)15-2-4-17(5-3-15)30-8-7-13-1-6-19-18(9-13)20(12-26-19)27-21(29)14-10-16(28)11-14/h1-6,9,12,14,16,26,28H,7-8,10-11H2,(H,27,29). The molecule has 0 spiro atoms. The number of benzene rings is 2. The van der Waals surface area contributed by atoms with Gasteiger partial charge in [-0.05, 0) is 54.8 Å². The van der Waals surface area contributed by atoms with E-state index in [-0.39, 0.29) is 17.9 Å². The summed E-state index contributed by atoms with van der Waals surface area (Å²) in [5, 5.41) is 13.1. The van der Waals surface area contributed by atoms with Crippen molar-refractivity contribution in [2.24, 2.45) is 5.92 Å². The third kappa shape index (κ3) is 4.43. The summed E-state index contributed by atoms with van der Waals surface area (Å²) in [5.74, 6) is 0.115. The van der Waals surface area contributed by atoms with Crippen LogP contribution in [0, 0.1) is 5.92 Å². The number of carbonyl (C=O) groups is 1. The Morgan fingerprint density at radius 2 is 1.90 bits per heavy atom. The number of H-pyrrole nitrogens is 1. The summed E-state index contributed by atoms with van der Waals surface area (Å²) < 4.78 is 43.4. The number of aromatic amines is 1. The van der Waals surface area contributed by atoms with E-state index in [9.17, 15) is 23.1 Å². The number of amides is 1. The Kier molecular flexibility index (Phi) is 5.42. The largest absolute Gasteiger partial charge is 0.493 e. The number of aliphatic hydroxyl groups excluding tert-OH is 1. The Labute approximate surface area is 170 Å². The molecule has 1 saturated carbocycles. The van der Waals surface area contributed by atoms with Gasteiger partial charge in [-0.25, -0.2) is 0 Å². The molecule has 1 aliphatic rings. The molecule has 1 heterocycles. The topological polar surface area (TPSA) is 74.4 Å². The van der Waals surface area contributed by atoms with Crippen LogP contribution in [-0.4, -0.2) is 28.7 Å². The van der Waals surface area contributed by atoms with E-state index in [1.54, 1.807) is 6.20 Å². The first-order valence-electron chi connectivity index (χ1n) is 9.68. The lowest BCUT2D eigenvalue weighted by Gasteiger charge is -2.29. The molecule has 1 fully saturated rings. The number of alkyl halides is 3. The molecular formula is C22H21F3N2O3. The third-order valence-corrected chi connectivity index (χ3v) is 5.33. The van der Waals surface area contributed by atoms with Gasteiger partial charge in [0.25, 0.3) is 0 Å². The molecule has 1 aromatic heterocycles. The zero-order valence-electron chi connectivity index (χ0n) is 16.0. The lowest BCUT2D eigenvalue weighted by molar-refractivity contribution is -0.137. The molecule has 1 amide bonds. The van der Waals surface area contributed by atoms with Crippen LogP contribution in [-0.2, 0) is 17.4 Å². The number of aromatic nitrogens is 1. The molecule has 8 heteroatoms. The Balaban J connectivity index is 1.37. The van der Waals surface area contributed by atoms with Crippen LogP contribution in [0.3, 0.4) is 0 Å². The van der Waals surface area contributed by atoms with Gasteiger partial charge < -0.3 is 20.1 Å². The smallest absolute Gasteiger partial charge is 0.416 e. The first-order valence-corrected chi connectivity index (χ1v) is 9.68. The number of fused-ring (bicyclic) bond motifs is 1. The van der Waals surface area contributed by atoms with Gasteiger partial charge in [0.15, 0.2) is 0 Å². The molecule has 0 saturated heterocycles. The van der Waals surface area contributed by atoms with Gasteiger partial charge >= 0.3 is 6.18 Å². The fourth-order valence-corrected chi connectivity index (χ4v) is 3.49. The van der Waals surface area contributed by atoms with E-state index >= 15 is 0 Å². The first kappa shape index (κ1) is 20.3. The van der Waals surface area contributed by atoms with Crippen molar-refractivity contribution in [1.82, 2.24) is 4.98 Å². The van der Waals surface area contributed by atoms with Crippen LogP contribution in [0.15, 0.2) is 48.7 Å².